The molecule has 7 heteroatoms. The van der Waals surface area contributed by atoms with Gasteiger partial charge in [0, 0.05) is 31.6 Å². The Bertz CT molecular complexity index is 728. The fourth-order valence-corrected chi connectivity index (χ4v) is 4.46. The SMILES string of the molecule is CCN(CC)CCN(C)C(=O)C1CCC2(CC1)OC(=O)c1cc(OC)ccc12.Cl. The molecule has 0 aromatic heterocycles. The van der Waals surface area contributed by atoms with Gasteiger partial charge in [-0.25, -0.2) is 4.79 Å². The van der Waals surface area contributed by atoms with E-state index in [2.05, 4.69) is 18.7 Å². The van der Waals surface area contributed by atoms with Crippen LogP contribution in [0.15, 0.2) is 18.2 Å². The first kappa shape index (κ1) is 23.5. The second kappa shape index (κ2) is 9.81. The van der Waals surface area contributed by atoms with Gasteiger partial charge in [0.1, 0.15) is 11.4 Å². The highest BCUT2D eigenvalue weighted by Crippen LogP contribution is 2.48. The fraction of sp³-hybridized carbons (Fsp3) is 0.636. The maximum atomic E-state index is 12.9. The van der Waals surface area contributed by atoms with Crippen LogP contribution in [0.3, 0.4) is 0 Å². The number of carbonyl (C=O) groups is 2. The van der Waals surface area contributed by atoms with Gasteiger partial charge in [0.05, 0.1) is 12.7 Å². The van der Waals surface area contributed by atoms with Gasteiger partial charge in [0.15, 0.2) is 0 Å². The Morgan fingerprint density at radius 1 is 1.21 bits per heavy atom. The zero-order valence-corrected chi connectivity index (χ0v) is 18.7. The lowest BCUT2D eigenvalue weighted by Gasteiger charge is -2.37. The Labute approximate surface area is 179 Å². The Kier molecular flexibility index (Phi) is 7.94. The third-order valence-electron chi connectivity index (χ3n) is 6.39. The van der Waals surface area contributed by atoms with Crippen molar-refractivity contribution in [1.82, 2.24) is 9.80 Å². The number of fused-ring (bicyclic) bond motifs is 2. The van der Waals surface area contributed by atoms with Crippen molar-refractivity contribution in [2.75, 3.05) is 40.3 Å². The fourth-order valence-electron chi connectivity index (χ4n) is 4.46. The molecule has 1 aliphatic carbocycles. The summed E-state index contributed by atoms with van der Waals surface area (Å²) in [5.74, 6) is 0.594. The Morgan fingerprint density at radius 2 is 1.86 bits per heavy atom. The highest BCUT2D eigenvalue weighted by Gasteiger charge is 2.48. The van der Waals surface area contributed by atoms with Crippen LogP contribution in [0.25, 0.3) is 0 Å². The minimum Gasteiger partial charge on any atom is -0.497 e. The number of hydrogen-bond acceptors (Lipinski definition) is 5. The summed E-state index contributed by atoms with van der Waals surface area (Å²) in [6.07, 6.45) is 2.87. The number of methoxy groups -OCH3 is 1. The van der Waals surface area contributed by atoms with E-state index in [-0.39, 0.29) is 30.2 Å². The molecule has 0 radical (unpaired) electrons. The van der Waals surface area contributed by atoms with Crippen molar-refractivity contribution in [2.24, 2.45) is 5.92 Å². The van der Waals surface area contributed by atoms with Crippen molar-refractivity contribution < 1.29 is 19.1 Å². The molecule has 0 saturated heterocycles. The largest absolute Gasteiger partial charge is 0.497 e. The normalized spacial score (nSPS) is 22.8. The van der Waals surface area contributed by atoms with Crippen molar-refractivity contribution >= 4 is 24.3 Å². The number of hydrogen-bond donors (Lipinski definition) is 0. The van der Waals surface area contributed by atoms with E-state index in [1.807, 2.05) is 24.1 Å². The predicted octanol–water partition coefficient (Wildman–Crippen LogP) is 3.47. The maximum Gasteiger partial charge on any atom is 0.339 e. The predicted molar refractivity (Wildman–Crippen MR) is 115 cm³/mol. The van der Waals surface area contributed by atoms with Crippen LogP contribution >= 0.6 is 12.4 Å². The van der Waals surface area contributed by atoms with Crippen molar-refractivity contribution in [3.05, 3.63) is 29.3 Å². The first-order valence-corrected chi connectivity index (χ1v) is 10.3. The summed E-state index contributed by atoms with van der Waals surface area (Å²) in [6.45, 7) is 7.93. The third-order valence-corrected chi connectivity index (χ3v) is 6.39. The van der Waals surface area contributed by atoms with Crippen molar-refractivity contribution in [2.45, 2.75) is 45.1 Å². The van der Waals surface area contributed by atoms with E-state index < -0.39 is 5.60 Å². The van der Waals surface area contributed by atoms with Crippen LogP contribution in [0.2, 0.25) is 0 Å². The van der Waals surface area contributed by atoms with E-state index in [0.29, 0.717) is 24.2 Å². The molecule has 162 valence electrons. The Balaban J connectivity index is 0.00000300. The van der Waals surface area contributed by atoms with Gasteiger partial charge in [0.2, 0.25) is 5.91 Å². The number of halogens is 1. The molecule has 0 atom stereocenters. The van der Waals surface area contributed by atoms with E-state index in [0.717, 1.165) is 44.6 Å². The standard InChI is InChI=1S/C22H32N2O4.ClH/c1-5-24(6-2)14-13-23(3)20(25)16-9-11-22(12-10-16)19-8-7-17(27-4)15-18(19)21(26)28-22;/h7-8,15-16H,5-6,9-14H2,1-4H3;1H. The quantitative estimate of drug-likeness (QED) is 0.627. The van der Waals surface area contributed by atoms with Gasteiger partial charge < -0.3 is 19.3 Å². The van der Waals surface area contributed by atoms with Gasteiger partial charge in [-0.1, -0.05) is 19.9 Å². The molecule has 1 aromatic carbocycles. The van der Waals surface area contributed by atoms with Gasteiger partial charge in [-0.15, -0.1) is 12.4 Å². The lowest BCUT2D eigenvalue weighted by atomic mass is 9.74. The average molecular weight is 425 g/mol. The Hall–Kier alpha value is -1.79. The number of amides is 1. The number of rotatable bonds is 7. The molecule has 29 heavy (non-hydrogen) atoms. The van der Waals surface area contributed by atoms with Crippen LogP contribution in [0.4, 0.5) is 0 Å². The second-order valence-electron chi connectivity index (χ2n) is 7.86. The second-order valence-corrected chi connectivity index (χ2v) is 7.86. The van der Waals surface area contributed by atoms with Crippen LogP contribution in [-0.2, 0) is 15.1 Å². The van der Waals surface area contributed by atoms with Crippen LogP contribution in [0.1, 0.15) is 55.5 Å². The average Bonchev–Trinajstić information content (AvgIpc) is 2.99. The summed E-state index contributed by atoms with van der Waals surface area (Å²) in [5.41, 5.74) is 0.967. The first-order valence-electron chi connectivity index (χ1n) is 10.3. The molecule has 1 spiro atoms. The molecule has 0 N–H and O–H groups in total. The zero-order chi connectivity index (χ0) is 20.3. The van der Waals surface area contributed by atoms with Gasteiger partial charge >= 0.3 is 5.97 Å². The Morgan fingerprint density at radius 3 is 2.45 bits per heavy atom. The van der Waals surface area contributed by atoms with Gasteiger partial charge in [0.25, 0.3) is 0 Å². The molecule has 3 rings (SSSR count). The lowest BCUT2D eigenvalue weighted by Crippen LogP contribution is -2.42. The highest BCUT2D eigenvalue weighted by atomic mass is 35.5. The van der Waals surface area contributed by atoms with Gasteiger partial charge in [-0.2, -0.15) is 0 Å². The van der Waals surface area contributed by atoms with E-state index >= 15 is 0 Å². The molecule has 1 saturated carbocycles. The molecular weight excluding hydrogens is 392 g/mol. The number of ether oxygens (including phenoxy) is 2. The molecule has 1 fully saturated rings. The summed E-state index contributed by atoms with van der Waals surface area (Å²) in [5, 5.41) is 0. The summed E-state index contributed by atoms with van der Waals surface area (Å²) < 4.78 is 11.1. The topological polar surface area (TPSA) is 59.1 Å². The lowest BCUT2D eigenvalue weighted by molar-refractivity contribution is -0.137. The van der Waals surface area contributed by atoms with E-state index in [4.69, 9.17) is 9.47 Å². The molecule has 1 amide bonds. The zero-order valence-electron chi connectivity index (χ0n) is 17.9. The van der Waals surface area contributed by atoms with E-state index in [1.165, 1.54) is 0 Å². The first-order chi connectivity index (χ1) is 13.4. The maximum absolute atomic E-state index is 12.9. The minimum absolute atomic E-state index is 0. The van der Waals surface area contributed by atoms with Crippen LogP contribution < -0.4 is 4.74 Å². The smallest absolute Gasteiger partial charge is 0.339 e. The minimum atomic E-state index is -0.574. The molecule has 0 unspecified atom stereocenters. The number of likely N-dealkylation sites (N-methyl/N-ethyl adjacent to an activating group) is 2. The monoisotopic (exact) mass is 424 g/mol. The van der Waals surface area contributed by atoms with Crippen LogP contribution in [0, 0.1) is 5.92 Å². The molecule has 1 aliphatic heterocycles. The molecule has 2 aliphatic rings. The summed E-state index contributed by atoms with van der Waals surface area (Å²) in [6, 6.07) is 5.57. The summed E-state index contributed by atoms with van der Waals surface area (Å²) in [7, 11) is 3.48. The molecule has 0 bridgehead atoms. The van der Waals surface area contributed by atoms with Gasteiger partial charge in [-0.05, 0) is 50.9 Å². The highest BCUT2D eigenvalue weighted by molar-refractivity contribution is 5.95. The van der Waals surface area contributed by atoms with Crippen LogP contribution in [-0.4, -0.2) is 62.0 Å². The van der Waals surface area contributed by atoms with Gasteiger partial charge in [-0.3, -0.25) is 4.79 Å². The van der Waals surface area contributed by atoms with Crippen molar-refractivity contribution in [3.8, 4) is 5.75 Å². The molecular formula is C22H33ClN2O4. The third kappa shape index (κ3) is 4.69. The number of benzene rings is 1. The number of carbonyl (C=O) groups excluding carboxylic acids is 2. The van der Waals surface area contributed by atoms with Crippen molar-refractivity contribution in [3.63, 3.8) is 0 Å². The molecule has 1 aromatic rings. The van der Waals surface area contributed by atoms with Crippen molar-refractivity contribution in [1.29, 1.82) is 0 Å². The van der Waals surface area contributed by atoms with Crippen LogP contribution in [0.5, 0.6) is 5.75 Å². The summed E-state index contributed by atoms with van der Waals surface area (Å²) in [4.78, 5) is 29.4. The summed E-state index contributed by atoms with van der Waals surface area (Å²) >= 11 is 0. The van der Waals surface area contributed by atoms with E-state index in [1.54, 1.807) is 13.2 Å². The molecule has 6 nitrogen and oxygen atoms in total. The number of nitrogens with zero attached hydrogens (tertiary/aromatic N) is 2. The number of esters is 1. The van der Waals surface area contributed by atoms with E-state index in [9.17, 15) is 9.59 Å². The molecule has 1 heterocycles.